The quantitative estimate of drug-likeness (QED) is 0.370. The molecule has 1 unspecified atom stereocenters. The normalized spacial score (nSPS) is 11.2. The number of anilines is 1. The van der Waals surface area contributed by atoms with Crippen molar-refractivity contribution in [3.8, 4) is 11.5 Å². The van der Waals surface area contributed by atoms with Gasteiger partial charge in [0, 0.05) is 29.7 Å². The number of benzene rings is 3. The minimum absolute atomic E-state index is 0.316. The maximum Gasteiger partial charge on any atom is 0.252 e. The SMILES string of the molecule is COc1ccc(NC(=O)C(NC(=O)c2ccccc2)c2ccccc2)cc1OCc1ccncc1. The van der Waals surface area contributed by atoms with E-state index in [0.29, 0.717) is 34.9 Å². The van der Waals surface area contributed by atoms with E-state index in [9.17, 15) is 9.59 Å². The second-order valence-electron chi connectivity index (χ2n) is 7.68. The first-order valence-electron chi connectivity index (χ1n) is 11.1. The molecule has 1 heterocycles. The van der Waals surface area contributed by atoms with Gasteiger partial charge in [-0.15, -0.1) is 0 Å². The third kappa shape index (κ3) is 6.23. The highest BCUT2D eigenvalue weighted by Crippen LogP contribution is 2.31. The fourth-order valence-corrected chi connectivity index (χ4v) is 3.47. The number of rotatable bonds is 9. The van der Waals surface area contributed by atoms with E-state index in [-0.39, 0.29) is 11.8 Å². The number of nitrogens with zero attached hydrogens (tertiary/aromatic N) is 1. The van der Waals surface area contributed by atoms with Crippen LogP contribution in [0.4, 0.5) is 5.69 Å². The second-order valence-corrected chi connectivity index (χ2v) is 7.68. The first-order valence-corrected chi connectivity index (χ1v) is 11.1. The molecule has 4 aromatic rings. The molecular formula is C28H25N3O4. The molecule has 0 spiro atoms. The molecule has 2 amide bonds. The van der Waals surface area contributed by atoms with Crippen LogP contribution in [0.5, 0.6) is 11.5 Å². The third-order valence-electron chi connectivity index (χ3n) is 5.28. The fourth-order valence-electron chi connectivity index (χ4n) is 3.47. The van der Waals surface area contributed by atoms with Crippen LogP contribution in [0.3, 0.4) is 0 Å². The van der Waals surface area contributed by atoms with Gasteiger partial charge in [0.1, 0.15) is 12.6 Å². The molecule has 3 aromatic carbocycles. The van der Waals surface area contributed by atoms with Crippen molar-refractivity contribution in [3.05, 3.63) is 120 Å². The molecular weight excluding hydrogens is 442 g/mol. The van der Waals surface area contributed by atoms with E-state index >= 15 is 0 Å². The summed E-state index contributed by atoms with van der Waals surface area (Å²) in [6.45, 7) is 0.316. The molecule has 7 nitrogen and oxygen atoms in total. The molecule has 2 N–H and O–H groups in total. The van der Waals surface area contributed by atoms with Crippen LogP contribution in [-0.4, -0.2) is 23.9 Å². The lowest BCUT2D eigenvalue weighted by Crippen LogP contribution is -2.37. The summed E-state index contributed by atoms with van der Waals surface area (Å²) in [5.41, 5.74) is 2.59. The van der Waals surface area contributed by atoms with Gasteiger partial charge in [-0.05, 0) is 47.5 Å². The highest BCUT2D eigenvalue weighted by molar-refractivity contribution is 6.01. The number of ether oxygens (including phenoxy) is 2. The molecule has 0 saturated carbocycles. The highest BCUT2D eigenvalue weighted by atomic mass is 16.5. The number of hydrogen-bond acceptors (Lipinski definition) is 5. The van der Waals surface area contributed by atoms with Crippen LogP contribution in [0.1, 0.15) is 27.5 Å². The predicted octanol–water partition coefficient (Wildman–Crippen LogP) is 4.78. The number of nitrogens with one attached hydrogen (secondary N) is 2. The first-order chi connectivity index (χ1) is 17.1. The maximum atomic E-state index is 13.3. The zero-order valence-electron chi connectivity index (χ0n) is 19.2. The summed E-state index contributed by atoms with van der Waals surface area (Å²) < 4.78 is 11.3. The Hall–Kier alpha value is -4.65. The average Bonchev–Trinajstić information content (AvgIpc) is 2.92. The third-order valence-corrected chi connectivity index (χ3v) is 5.28. The lowest BCUT2D eigenvalue weighted by Gasteiger charge is -2.20. The number of aromatic nitrogens is 1. The Kier molecular flexibility index (Phi) is 7.70. The van der Waals surface area contributed by atoms with Crippen molar-refractivity contribution < 1.29 is 19.1 Å². The van der Waals surface area contributed by atoms with Crippen LogP contribution in [0, 0.1) is 0 Å². The van der Waals surface area contributed by atoms with Crippen LogP contribution in [0.25, 0.3) is 0 Å². The molecule has 0 saturated heterocycles. The fraction of sp³-hybridized carbons (Fsp3) is 0.107. The second kappa shape index (κ2) is 11.5. The van der Waals surface area contributed by atoms with Crippen LogP contribution in [-0.2, 0) is 11.4 Å². The van der Waals surface area contributed by atoms with Gasteiger partial charge in [0.2, 0.25) is 0 Å². The number of carbonyl (C=O) groups excluding carboxylic acids is 2. The van der Waals surface area contributed by atoms with Crippen molar-refractivity contribution in [1.29, 1.82) is 0 Å². The molecule has 176 valence electrons. The number of amides is 2. The summed E-state index contributed by atoms with van der Waals surface area (Å²) in [5.74, 6) is 0.289. The van der Waals surface area contributed by atoms with Crippen molar-refractivity contribution in [2.45, 2.75) is 12.6 Å². The van der Waals surface area contributed by atoms with Gasteiger partial charge < -0.3 is 20.1 Å². The summed E-state index contributed by atoms with van der Waals surface area (Å²) in [6, 6.07) is 25.8. The van der Waals surface area contributed by atoms with Gasteiger partial charge in [-0.2, -0.15) is 0 Å². The van der Waals surface area contributed by atoms with Gasteiger partial charge in [-0.1, -0.05) is 48.5 Å². The van der Waals surface area contributed by atoms with Crippen LogP contribution < -0.4 is 20.1 Å². The molecule has 0 aliphatic carbocycles. The summed E-state index contributed by atoms with van der Waals surface area (Å²) in [7, 11) is 1.55. The van der Waals surface area contributed by atoms with Crippen molar-refractivity contribution in [3.63, 3.8) is 0 Å². The van der Waals surface area contributed by atoms with Gasteiger partial charge >= 0.3 is 0 Å². The Balaban J connectivity index is 1.53. The summed E-state index contributed by atoms with van der Waals surface area (Å²) >= 11 is 0. The zero-order chi connectivity index (χ0) is 24.5. The number of carbonyl (C=O) groups is 2. The van der Waals surface area contributed by atoms with E-state index < -0.39 is 6.04 Å². The number of methoxy groups -OCH3 is 1. The minimum Gasteiger partial charge on any atom is -0.493 e. The Labute approximate surface area is 203 Å². The molecule has 7 heteroatoms. The molecule has 35 heavy (non-hydrogen) atoms. The van der Waals surface area contributed by atoms with Crippen molar-refractivity contribution >= 4 is 17.5 Å². The van der Waals surface area contributed by atoms with E-state index in [1.807, 2.05) is 36.4 Å². The Morgan fingerprint density at radius 3 is 2.23 bits per heavy atom. The average molecular weight is 468 g/mol. The van der Waals surface area contributed by atoms with Crippen LogP contribution in [0.2, 0.25) is 0 Å². The van der Waals surface area contributed by atoms with Gasteiger partial charge in [-0.3, -0.25) is 14.6 Å². The van der Waals surface area contributed by atoms with Crippen molar-refractivity contribution in [1.82, 2.24) is 10.3 Å². The minimum atomic E-state index is -0.896. The van der Waals surface area contributed by atoms with Gasteiger partial charge in [0.25, 0.3) is 11.8 Å². The Morgan fingerprint density at radius 1 is 0.857 bits per heavy atom. The summed E-state index contributed by atoms with van der Waals surface area (Å²) in [5, 5.41) is 5.73. The van der Waals surface area contributed by atoms with Gasteiger partial charge in [0.05, 0.1) is 7.11 Å². The maximum absolute atomic E-state index is 13.3. The van der Waals surface area contributed by atoms with E-state index in [4.69, 9.17) is 9.47 Å². The lowest BCUT2D eigenvalue weighted by molar-refractivity contribution is -0.118. The molecule has 0 fully saturated rings. The molecule has 0 aliphatic heterocycles. The van der Waals surface area contributed by atoms with Crippen molar-refractivity contribution in [2.75, 3.05) is 12.4 Å². The predicted molar refractivity (Wildman–Crippen MR) is 133 cm³/mol. The topological polar surface area (TPSA) is 89.6 Å². The molecule has 4 rings (SSSR count). The highest BCUT2D eigenvalue weighted by Gasteiger charge is 2.24. The van der Waals surface area contributed by atoms with E-state index in [1.54, 1.807) is 74.1 Å². The lowest BCUT2D eigenvalue weighted by atomic mass is 10.0. The largest absolute Gasteiger partial charge is 0.493 e. The van der Waals surface area contributed by atoms with E-state index in [1.165, 1.54) is 0 Å². The molecule has 0 aliphatic rings. The van der Waals surface area contributed by atoms with Crippen LogP contribution in [0.15, 0.2) is 103 Å². The first kappa shape index (κ1) is 23.5. The van der Waals surface area contributed by atoms with E-state index in [0.717, 1.165) is 5.56 Å². The molecule has 0 radical (unpaired) electrons. The Bertz CT molecular complexity index is 1270. The van der Waals surface area contributed by atoms with Gasteiger partial charge in [-0.25, -0.2) is 0 Å². The smallest absolute Gasteiger partial charge is 0.252 e. The molecule has 0 bridgehead atoms. The van der Waals surface area contributed by atoms with Crippen molar-refractivity contribution in [2.24, 2.45) is 0 Å². The standard InChI is InChI=1S/C28H25N3O4/c1-34-24-13-12-23(18-25(24)35-19-20-14-16-29-17-15-20)30-28(33)26(21-8-4-2-5-9-21)31-27(32)22-10-6-3-7-11-22/h2-18,26H,19H2,1H3,(H,30,33)(H,31,32). The van der Waals surface area contributed by atoms with Gasteiger partial charge in [0.15, 0.2) is 11.5 Å². The zero-order valence-corrected chi connectivity index (χ0v) is 19.2. The number of pyridine rings is 1. The summed E-state index contributed by atoms with van der Waals surface area (Å²) in [6.07, 6.45) is 3.39. The number of hydrogen-bond donors (Lipinski definition) is 2. The van der Waals surface area contributed by atoms with E-state index in [2.05, 4.69) is 15.6 Å². The molecule has 1 aromatic heterocycles. The van der Waals surface area contributed by atoms with Crippen LogP contribution >= 0.6 is 0 Å². The molecule has 1 atom stereocenters. The monoisotopic (exact) mass is 467 g/mol. The summed E-state index contributed by atoms with van der Waals surface area (Å²) in [4.78, 5) is 30.1. The Morgan fingerprint density at radius 2 is 1.54 bits per heavy atom.